The first kappa shape index (κ1) is 13.4. The highest BCUT2D eigenvalue weighted by atomic mass is 32.1. The number of aliphatic carboxylic acids is 1. The SMILES string of the molecule is O=C(O)C1C2CCCC2CN1C(=O)NCc1cccs1. The molecule has 2 heterocycles. The van der Waals surface area contributed by atoms with Crippen LogP contribution in [0.15, 0.2) is 17.5 Å². The highest BCUT2D eigenvalue weighted by Crippen LogP contribution is 2.42. The maximum atomic E-state index is 12.2. The molecule has 0 radical (unpaired) electrons. The molecule has 5 nitrogen and oxygen atoms in total. The fourth-order valence-corrected chi connectivity index (χ4v) is 4.15. The van der Waals surface area contributed by atoms with E-state index in [4.69, 9.17) is 0 Å². The number of carbonyl (C=O) groups excluding carboxylic acids is 1. The summed E-state index contributed by atoms with van der Waals surface area (Å²) in [6.45, 7) is 1.05. The van der Waals surface area contributed by atoms with Crippen LogP contribution < -0.4 is 5.32 Å². The van der Waals surface area contributed by atoms with Crippen molar-refractivity contribution in [1.82, 2.24) is 10.2 Å². The monoisotopic (exact) mass is 294 g/mol. The molecule has 0 aromatic carbocycles. The van der Waals surface area contributed by atoms with Crippen molar-refractivity contribution in [2.75, 3.05) is 6.54 Å². The molecule has 2 aliphatic rings. The number of thiophene rings is 1. The fourth-order valence-electron chi connectivity index (χ4n) is 3.51. The molecule has 3 rings (SSSR count). The zero-order valence-electron chi connectivity index (χ0n) is 11.1. The van der Waals surface area contributed by atoms with Gasteiger partial charge < -0.3 is 15.3 Å². The molecule has 3 atom stereocenters. The minimum absolute atomic E-state index is 0.139. The molecule has 2 N–H and O–H groups in total. The molecule has 2 amide bonds. The highest BCUT2D eigenvalue weighted by Gasteiger charge is 2.49. The Morgan fingerprint density at radius 3 is 3.00 bits per heavy atom. The summed E-state index contributed by atoms with van der Waals surface area (Å²) in [5.41, 5.74) is 0. The average molecular weight is 294 g/mol. The molecule has 1 saturated heterocycles. The van der Waals surface area contributed by atoms with Crippen LogP contribution >= 0.6 is 11.3 Å². The lowest BCUT2D eigenvalue weighted by molar-refractivity contribution is -0.142. The molecule has 3 unspecified atom stereocenters. The molecule has 1 aromatic rings. The van der Waals surface area contributed by atoms with E-state index < -0.39 is 12.0 Å². The van der Waals surface area contributed by atoms with Crippen molar-refractivity contribution in [3.8, 4) is 0 Å². The van der Waals surface area contributed by atoms with Crippen LogP contribution in [0.25, 0.3) is 0 Å². The van der Waals surface area contributed by atoms with Gasteiger partial charge in [-0.25, -0.2) is 9.59 Å². The number of carboxylic acid groups (broad SMARTS) is 1. The molecule has 6 heteroatoms. The zero-order chi connectivity index (χ0) is 14.1. The van der Waals surface area contributed by atoms with Crippen molar-refractivity contribution >= 4 is 23.3 Å². The predicted molar refractivity (Wildman–Crippen MR) is 75.5 cm³/mol. The lowest BCUT2D eigenvalue weighted by atomic mass is 9.94. The van der Waals surface area contributed by atoms with E-state index in [1.54, 1.807) is 11.3 Å². The van der Waals surface area contributed by atoms with E-state index >= 15 is 0 Å². The van der Waals surface area contributed by atoms with E-state index in [2.05, 4.69) is 5.32 Å². The molecular weight excluding hydrogens is 276 g/mol. The third-order valence-electron chi connectivity index (χ3n) is 4.40. The number of carboxylic acids is 1. The molecule has 1 aromatic heterocycles. The van der Waals surface area contributed by atoms with Gasteiger partial charge in [0.2, 0.25) is 0 Å². The van der Waals surface area contributed by atoms with Crippen LogP contribution in [-0.4, -0.2) is 34.6 Å². The molecule has 108 valence electrons. The lowest BCUT2D eigenvalue weighted by Crippen LogP contribution is -2.47. The normalized spacial score (nSPS) is 28.4. The van der Waals surface area contributed by atoms with Gasteiger partial charge in [-0.15, -0.1) is 11.3 Å². The standard InChI is InChI=1S/C14H18N2O3S/c17-13(18)12-11-5-1-3-9(11)8-16(12)14(19)15-7-10-4-2-6-20-10/h2,4,6,9,11-12H,1,3,5,7-8H2,(H,15,19)(H,17,18). The number of nitrogens with zero attached hydrogens (tertiary/aromatic N) is 1. The van der Waals surface area contributed by atoms with E-state index in [0.29, 0.717) is 19.0 Å². The average Bonchev–Trinajstić information content (AvgIpc) is 3.10. The van der Waals surface area contributed by atoms with E-state index in [1.165, 1.54) is 4.90 Å². The lowest BCUT2D eigenvalue weighted by Gasteiger charge is -2.24. The maximum absolute atomic E-state index is 12.2. The van der Waals surface area contributed by atoms with Crippen LogP contribution in [0.4, 0.5) is 4.79 Å². The third kappa shape index (κ3) is 2.40. The summed E-state index contributed by atoms with van der Waals surface area (Å²) in [5.74, 6) is -0.366. The molecular formula is C14H18N2O3S. The number of likely N-dealkylation sites (tertiary alicyclic amines) is 1. The van der Waals surface area contributed by atoms with Gasteiger partial charge in [0.05, 0.1) is 6.54 Å². The second-order valence-corrected chi connectivity index (χ2v) is 6.56. The quantitative estimate of drug-likeness (QED) is 0.897. The van der Waals surface area contributed by atoms with Gasteiger partial charge in [0.15, 0.2) is 0 Å². The molecule has 2 fully saturated rings. The Labute approximate surface area is 121 Å². The number of amides is 2. The van der Waals surface area contributed by atoms with E-state index in [1.807, 2.05) is 17.5 Å². The number of hydrogen-bond acceptors (Lipinski definition) is 3. The van der Waals surface area contributed by atoms with Crippen LogP contribution in [0, 0.1) is 11.8 Å². The summed E-state index contributed by atoms with van der Waals surface area (Å²) in [6.07, 6.45) is 3.06. The Morgan fingerprint density at radius 2 is 2.30 bits per heavy atom. The Bertz CT molecular complexity index is 503. The van der Waals surface area contributed by atoms with Crippen LogP contribution in [0.1, 0.15) is 24.1 Å². The van der Waals surface area contributed by atoms with Crippen molar-refractivity contribution < 1.29 is 14.7 Å². The Morgan fingerprint density at radius 1 is 1.45 bits per heavy atom. The van der Waals surface area contributed by atoms with Gasteiger partial charge in [0, 0.05) is 11.4 Å². The van der Waals surface area contributed by atoms with Crippen LogP contribution in [-0.2, 0) is 11.3 Å². The van der Waals surface area contributed by atoms with Gasteiger partial charge in [0.1, 0.15) is 6.04 Å². The minimum Gasteiger partial charge on any atom is -0.480 e. The van der Waals surface area contributed by atoms with Gasteiger partial charge in [-0.2, -0.15) is 0 Å². The molecule has 1 aliphatic heterocycles. The van der Waals surface area contributed by atoms with E-state index in [9.17, 15) is 14.7 Å². The van der Waals surface area contributed by atoms with Crippen molar-refractivity contribution in [1.29, 1.82) is 0 Å². The first-order valence-electron chi connectivity index (χ1n) is 6.96. The van der Waals surface area contributed by atoms with Gasteiger partial charge in [-0.3, -0.25) is 0 Å². The molecule has 0 bridgehead atoms. The highest BCUT2D eigenvalue weighted by molar-refractivity contribution is 7.09. The second-order valence-electron chi connectivity index (χ2n) is 5.53. The van der Waals surface area contributed by atoms with Crippen LogP contribution in [0.5, 0.6) is 0 Å². The summed E-state index contributed by atoms with van der Waals surface area (Å²) >= 11 is 1.58. The van der Waals surface area contributed by atoms with Crippen molar-refractivity contribution in [2.45, 2.75) is 31.8 Å². The number of hydrogen-bond donors (Lipinski definition) is 2. The van der Waals surface area contributed by atoms with Crippen LogP contribution in [0.2, 0.25) is 0 Å². The number of urea groups is 1. The first-order valence-corrected chi connectivity index (χ1v) is 7.84. The van der Waals surface area contributed by atoms with Crippen LogP contribution in [0.3, 0.4) is 0 Å². The number of carbonyl (C=O) groups is 2. The Balaban J connectivity index is 1.65. The van der Waals surface area contributed by atoms with Crippen molar-refractivity contribution in [2.24, 2.45) is 11.8 Å². The van der Waals surface area contributed by atoms with Gasteiger partial charge in [-0.05, 0) is 36.1 Å². The smallest absolute Gasteiger partial charge is 0.326 e. The summed E-state index contributed by atoms with van der Waals surface area (Å²) in [6, 6.07) is 3.00. The topological polar surface area (TPSA) is 69.6 Å². The van der Waals surface area contributed by atoms with Gasteiger partial charge in [0.25, 0.3) is 0 Å². The van der Waals surface area contributed by atoms with Gasteiger partial charge in [-0.1, -0.05) is 12.5 Å². The molecule has 1 saturated carbocycles. The summed E-state index contributed by atoms with van der Waals surface area (Å²) in [7, 11) is 0. The molecule has 0 spiro atoms. The van der Waals surface area contributed by atoms with Crippen molar-refractivity contribution in [3.63, 3.8) is 0 Å². The summed E-state index contributed by atoms with van der Waals surface area (Å²) in [5, 5.41) is 14.2. The Kier molecular flexibility index (Phi) is 3.65. The predicted octanol–water partition coefficient (Wildman–Crippen LogP) is 2.14. The number of nitrogens with one attached hydrogen (secondary N) is 1. The maximum Gasteiger partial charge on any atom is 0.326 e. The zero-order valence-corrected chi connectivity index (χ0v) is 11.9. The Hall–Kier alpha value is -1.56. The van der Waals surface area contributed by atoms with E-state index in [0.717, 1.165) is 24.1 Å². The number of rotatable bonds is 3. The first-order chi connectivity index (χ1) is 9.66. The van der Waals surface area contributed by atoms with Crippen molar-refractivity contribution in [3.05, 3.63) is 22.4 Å². The summed E-state index contributed by atoms with van der Waals surface area (Å²) < 4.78 is 0. The second kappa shape index (κ2) is 5.44. The van der Waals surface area contributed by atoms with Gasteiger partial charge >= 0.3 is 12.0 Å². The largest absolute Gasteiger partial charge is 0.480 e. The molecule has 1 aliphatic carbocycles. The number of fused-ring (bicyclic) bond motifs is 1. The fraction of sp³-hybridized carbons (Fsp3) is 0.571. The minimum atomic E-state index is -0.870. The summed E-state index contributed by atoms with van der Waals surface area (Å²) in [4.78, 5) is 26.3. The molecule has 20 heavy (non-hydrogen) atoms. The van der Waals surface area contributed by atoms with E-state index in [-0.39, 0.29) is 11.9 Å². The third-order valence-corrected chi connectivity index (χ3v) is 5.27.